The van der Waals surface area contributed by atoms with Crippen LogP contribution in [0.3, 0.4) is 0 Å². The van der Waals surface area contributed by atoms with Crippen molar-refractivity contribution in [2.24, 2.45) is 4.99 Å². The van der Waals surface area contributed by atoms with E-state index in [0.29, 0.717) is 22.5 Å². The summed E-state index contributed by atoms with van der Waals surface area (Å²) in [7, 11) is 0. The molecule has 0 saturated heterocycles. The van der Waals surface area contributed by atoms with Gasteiger partial charge in [0.05, 0.1) is 45.8 Å². The zero-order chi connectivity index (χ0) is 24.6. The lowest BCUT2D eigenvalue weighted by molar-refractivity contribution is -0.385. The molecule has 12 heteroatoms. The van der Waals surface area contributed by atoms with Crippen LogP contribution in [-0.2, 0) is 0 Å². The molecule has 0 bridgehead atoms. The molecule has 3 heterocycles. The van der Waals surface area contributed by atoms with Gasteiger partial charge in [-0.2, -0.15) is 5.26 Å². The van der Waals surface area contributed by atoms with Crippen molar-refractivity contribution in [2.45, 2.75) is 27.7 Å². The summed E-state index contributed by atoms with van der Waals surface area (Å²) in [5.74, 6) is 0.616. The van der Waals surface area contributed by atoms with Crippen molar-refractivity contribution < 1.29 is 4.92 Å². The summed E-state index contributed by atoms with van der Waals surface area (Å²) in [4.78, 5) is 28.8. The molecule has 34 heavy (non-hydrogen) atoms. The number of aromatic nitrogens is 4. The second-order valence-electron chi connectivity index (χ2n) is 8.06. The van der Waals surface area contributed by atoms with E-state index in [1.54, 1.807) is 26.3 Å². The van der Waals surface area contributed by atoms with Crippen molar-refractivity contribution in [1.29, 1.82) is 5.26 Å². The number of aliphatic imine (C=N–C) groups is 1. The van der Waals surface area contributed by atoms with Crippen LogP contribution in [0.4, 0.5) is 17.3 Å². The van der Waals surface area contributed by atoms with Crippen LogP contribution in [0, 0.1) is 49.1 Å². The number of nitrogen functional groups attached to an aromatic ring is 1. The summed E-state index contributed by atoms with van der Waals surface area (Å²) in [5.41, 5.74) is 16.3. The van der Waals surface area contributed by atoms with Gasteiger partial charge in [-0.05, 0) is 45.4 Å². The molecule has 1 aliphatic heterocycles. The number of nitrogens with zero attached hydrogens (tertiary/aromatic N) is 6. The highest BCUT2D eigenvalue weighted by Gasteiger charge is 2.19. The van der Waals surface area contributed by atoms with Crippen molar-refractivity contribution in [3.05, 3.63) is 50.3 Å². The molecule has 0 aliphatic carbocycles. The lowest BCUT2D eigenvalue weighted by Crippen LogP contribution is -2.27. The van der Waals surface area contributed by atoms with Gasteiger partial charge in [-0.15, -0.1) is 0 Å². The molecule has 2 aromatic heterocycles. The normalized spacial score (nSPS) is 12.6. The second kappa shape index (κ2) is 8.70. The molecule has 174 valence electrons. The highest BCUT2D eigenvalue weighted by Crippen LogP contribution is 2.30. The highest BCUT2D eigenvalue weighted by molar-refractivity contribution is 5.87. The van der Waals surface area contributed by atoms with Gasteiger partial charge >= 0.3 is 0 Å². The van der Waals surface area contributed by atoms with E-state index in [1.165, 1.54) is 0 Å². The Morgan fingerprint density at radius 3 is 2.44 bits per heavy atom. The quantitative estimate of drug-likeness (QED) is 0.265. The van der Waals surface area contributed by atoms with Crippen molar-refractivity contribution in [1.82, 2.24) is 24.9 Å². The Morgan fingerprint density at radius 1 is 1.12 bits per heavy atom. The summed E-state index contributed by atoms with van der Waals surface area (Å²) in [6, 6.07) is 5.73. The smallest absolute Gasteiger partial charge is 0.277 e. The number of aromatic amines is 2. The van der Waals surface area contributed by atoms with Gasteiger partial charge in [0.25, 0.3) is 5.69 Å². The van der Waals surface area contributed by atoms with Crippen LogP contribution in [0.25, 0.3) is 22.1 Å². The standard InChI is InChI=1S/C13H14N6.C9H10N4O2/c1-8-5-10-13(17-11(6-14)16-10)9(2)12(8)18-19-4-3-15-7-19;1-4-3-6-7(12-9(10)11-6)5(2)8(4)13(14)15/h5,7,18H,3-4H2,1-2H3,(H,16,17);3H,1-2H3,(H3,10,11,12). The Kier molecular flexibility index (Phi) is 5.77. The first-order valence-electron chi connectivity index (χ1n) is 10.5. The maximum atomic E-state index is 10.8. The molecule has 2 aromatic carbocycles. The van der Waals surface area contributed by atoms with Gasteiger partial charge in [-0.1, -0.05) is 0 Å². The van der Waals surface area contributed by atoms with Crippen LogP contribution in [0.5, 0.6) is 0 Å². The van der Waals surface area contributed by atoms with Gasteiger partial charge in [-0.3, -0.25) is 25.5 Å². The van der Waals surface area contributed by atoms with Crippen LogP contribution in [-0.4, -0.2) is 49.3 Å². The molecule has 5 rings (SSSR count). The fourth-order valence-corrected chi connectivity index (χ4v) is 4.08. The largest absolute Gasteiger partial charge is 0.369 e. The lowest BCUT2D eigenvalue weighted by Gasteiger charge is -2.20. The average Bonchev–Trinajstić information content (AvgIpc) is 3.51. The maximum absolute atomic E-state index is 10.8. The average molecular weight is 461 g/mol. The molecule has 0 saturated carbocycles. The zero-order valence-electron chi connectivity index (χ0n) is 19.2. The zero-order valence-corrected chi connectivity index (χ0v) is 19.2. The molecule has 12 nitrogen and oxygen atoms in total. The molecule has 5 N–H and O–H groups in total. The number of benzene rings is 2. The molecule has 0 radical (unpaired) electrons. The van der Waals surface area contributed by atoms with Crippen LogP contribution >= 0.6 is 0 Å². The van der Waals surface area contributed by atoms with E-state index in [-0.39, 0.29) is 11.6 Å². The van der Waals surface area contributed by atoms with Gasteiger partial charge in [0.1, 0.15) is 17.9 Å². The number of fused-ring (bicyclic) bond motifs is 2. The Bertz CT molecular complexity index is 1490. The molecule has 0 unspecified atom stereocenters. The van der Waals surface area contributed by atoms with Crippen LogP contribution in [0.1, 0.15) is 28.1 Å². The molecular formula is C22H24N10O2. The number of H-pyrrole nitrogens is 2. The third-order valence-electron chi connectivity index (χ3n) is 5.65. The lowest BCUT2D eigenvalue weighted by atomic mass is 10.1. The minimum atomic E-state index is -0.394. The van der Waals surface area contributed by atoms with E-state index in [0.717, 1.165) is 46.5 Å². The third kappa shape index (κ3) is 4.06. The van der Waals surface area contributed by atoms with Gasteiger partial charge in [0, 0.05) is 11.1 Å². The number of anilines is 2. The first kappa shape index (κ1) is 22.5. The van der Waals surface area contributed by atoms with Crippen molar-refractivity contribution in [3.8, 4) is 6.07 Å². The number of nitrogens with one attached hydrogen (secondary N) is 3. The number of nitro groups is 1. The SMILES string of the molecule is Cc1cc2[nH]c(C#N)nc2c(C)c1NN1C=NCC1.Cc1cc2[nH]c(N)nc2c(C)c1[N+](=O)[O-]. The Labute approximate surface area is 194 Å². The summed E-state index contributed by atoms with van der Waals surface area (Å²) in [6.45, 7) is 9.09. The second-order valence-corrected chi connectivity index (χ2v) is 8.06. The van der Waals surface area contributed by atoms with E-state index < -0.39 is 4.92 Å². The number of nitrogens with two attached hydrogens (primary N) is 1. The topological polar surface area (TPSA) is 178 Å². The number of hydrazine groups is 1. The maximum Gasteiger partial charge on any atom is 0.277 e. The van der Waals surface area contributed by atoms with Crippen molar-refractivity contribution >= 4 is 45.7 Å². The van der Waals surface area contributed by atoms with Crippen LogP contribution in [0.15, 0.2) is 17.1 Å². The Hall–Kier alpha value is -4.66. The first-order valence-corrected chi connectivity index (χ1v) is 10.5. The predicted octanol–water partition coefficient (Wildman–Crippen LogP) is 3.39. The van der Waals surface area contributed by atoms with Gasteiger partial charge < -0.3 is 15.7 Å². The number of aryl methyl sites for hydroxylation is 4. The molecule has 0 fully saturated rings. The summed E-state index contributed by atoms with van der Waals surface area (Å²) in [5, 5.41) is 21.7. The molecule has 1 aliphatic rings. The molecule has 0 spiro atoms. The van der Waals surface area contributed by atoms with Crippen molar-refractivity contribution in [3.63, 3.8) is 0 Å². The molecule has 0 amide bonds. The third-order valence-corrected chi connectivity index (χ3v) is 5.65. The molecular weight excluding hydrogens is 436 g/mol. The first-order chi connectivity index (χ1) is 16.2. The minimum Gasteiger partial charge on any atom is -0.369 e. The number of imidazole rings is 2. The number of hydrogen-bond donors (Lipinski definition) is 4. The van der Waals surface area contributed by atoms with E-state index in [1.807, 2.05) is 31.0 Å². The summed E-state index contributed by atoms with van der Waals surface area (Å²) >= 11 is 0. The van der Waals surface area contributed by atoms with Crippen LogP contribution in [0.2, 0.25) is 0 Å². The van der Waals surface area contributed by atoms with Crippen LogP contribution < -0.4 is 11.2 Å². The fraction of sp³-hybridized carbons (Fsp3) is 0.273. The highest BCUT2D eigenvalue weighted by atomic mass is 16.6. The minimum absolute atomic E-state index is 0.106. The monoisotopic (exact) mass is 460 g/mol. The summed E-state index contributed by atoms with van der Waals surface area (Å²) < 4.78 is 0. The molecule has 0 atom stereocenters. The van der Waals surface area contributed by atoms with E-state index in [4.69, 9.17) is 11.0 Å². The van der Waals surface area contributed by atoms with E-state index in [9.17, 15) is 10.1 Å². The molecule has 4 aromatic rings. The van der Waals surface area contributed by atoms with Gasteiger partial charge in [0.15, 0.2) is 5.95 Å². The number of hydrogen-bond acceptors (Lipinski definition) is 9. The number of nitriles is 1. The van der Waals surface area contributed by atoms with Crippen molar-refractivity contribution in [2.75, 3.05) is 24.2 Å². The fourth-order valence-electron chi connectivity index (χ4n) is 4.08. The number of rotatable bonds is 3. The van der Waals surface area contributed by atoms with Gasteiger partial charge in [0.2, 0.25) is 5.82 Å². The van der Waals surface area contributed by atoms with Gasteiger partial charge in [-0.25, -0.2) is 9.97 Å². The number of nitro benzene ring substituents is 1. The predicted molar refractivity (Wildman–Crippen MR) is 131 cm³/mol. The Balaban J connectivity index is 0.000000166. The van der Waals surface area contributed by atoms with E-state index >= 15 is 0 Å². The Morgan fingerprint density at radius 2 is 1.79 bits per heavy atom. The summed E-state index contributed by atoms with van der Waals surface area (Å²) in [6.07, 6.45) is 1.80. The van der Waals surface area contributed by atoms with E-state index in [2.05, 4.69) is 30.4 Å².